The molecule has 0 saturated heterocycles. The average molecular weight is 393 g/mol. The van der Waals surface area contributed by atoms with Crippen LogP contribution in [0, 0.1) is 5.41 Å². The molecule has 156 valence electrons. The summed E-state index contributed by atoms with van der Waals surface area (Å²) in [5.41, 5.74) is 5.32. The molecule has 0 aliphatic heterocycles. The highest BCUT2D eigenvalue weighted by atomic mass is 16.4. The average Bonchev–Trinajstić information content (AvgIpc) is 2.67. The van der Waals surface area contributed by atoms with Gasteiger partial charge in [-0.25, -0.2) is 0 Å². The summed E-state index contributed by atoms with van der Waals surface area (Å²) in [7, 11) is 1.88. The summed E-state index contributed by atoms with van der Waals surface area (Å²) < 4.78 is 0. The van der Waals surface area contributed by atoms with Gasteiger partial charge in [0, 0.05) is 19.4 Å². The molecule has 0 aromatic heterocycles. The standard InChI is InChI=1S/C18H27N3O4.CH4N2/c1-19-11-5-6-12-20-18(25)15(13-14-7-3-2-4-8-14)21-16(22)9-10-17(23)24;2-1-3/h2-4,7-8,15,19H,5-6,9-13H2,1H3,(H,20,25)(H,21,22)(H,23,24);1H,(H3,2,3). The Kier molecular flexibility index (Phi) is 14.5. The Morgan fingerprint density at radius 2 is 1.75 bits per heavy atom. The van der Waals surface area contributed by atoms with Crippen molar-refractivity contribution in [3.05, 3.63) is 35.9 Å². The fourth-order valence-electron chi connectivity index (χ4n) is 2.31. The first-order valence-electron chi connectivity index (χ1n) is 9.12. The first-order valence-corrected chi connectivity index (χ1v) is 9.12. The van der Waals surface area contributed by atoms with Crippen molar-refractivity contribution in [2.45, 2.75) is 38.1 Å². The summed E-state index contributed by atoms with van der Waals surface area (Å²) in [5.74, 6) is -1.73. The van der Waals surface area contributed by atoms with Gasteiger partial charge >= 0.3 is 5.97 Å². The molecule has 28 heavy (non-hydrogen) atoms. The molecule has 1 aromatic carbocycles. The van der Waals surface area contributed by atoms with Crippen molar-refractivity contribution in [3.8, 4) is 0 Å². The van der Waals surface area contributed by atoms with E-state index in [9.17, 15) is 14.4 Å². The van der Waals surface area contributed by atoms with Gasteiger partial charge in [-0.15, -0.1) is 0 Å². The molecule has 0 aliphatic rings. The van der Waals surface area contributed by atoms with Crippen molar-refractivity contribution in [3.63, 3.8) is 0 Å². The van der Waals surface area contributed by atoms with Gasteiger partial charge in [-0.1, -0.05) is 30.3 Å². The van der Waals surface area contributed by atoms with Crippen LogP contribution in [-0.4, -0.2) is 55.4 Å². The van der Waals surface area contributed by atoms with E-state index in [2.05, 4.69) is 21.7 Å². The summed E-state index contributed by atoms with van der Waals surface area (Å²) in [5, 5.41) is 23.0. The molecule has 0 heterocycles. The first kappa shape index (κ1) is 25.1. The lowest BCUT2D eigenvalue weighted by Crippen LogP contribution is -2.48. The van der Waals surface area contributed by atoms with Gasteiger partial charge in [-0.3, -0.25) is 19.8 Å². The number of carboxylic acids is 1. The number of nitrogens with two attached hydrogens (primary N) is 1. The van der Waals surface area contributed by atoms with Crippen LogP contribution in [-0.2, 0) is 20.8 Å². The molecule has 1 rings (SSSR count). The van der Waals surface area contributed by atoms with E-state index in [4.69, 9.17) is 10.5 Å². The zero-order valence-electron chi connectivity index (χ0n) is 16.2. The van der Waals surface area contributed by atoms with Gasteiger partial charge in [0.25, 0.3) is 0 Å². The lowest BCUT2D eigenvalue weighted by Gasteiger charge is -2.18. The van der Waals surface area contributed by atoms with Crippen molar-refractivity contribution in [1.29, 1.82) is 5.41 Å². The number of carbonyl (C=O) groups is 3. The molecule has 1 unspecified atom stereocenters. The van der Waals surface area contributed by atoms with Gasteiger partial charge < -0.3 is 26.8 Å². The monoisotopic (exact) mass is 393 g/mol. The topological polar surface area (TPSA) is 157 Å². The Morgan fingerprint density at radius 1 is 1.14 bits per heavy atom. The lowest BCUT2D eigenvalue weighted by atomic mass is 10.0. The molecule has 1 atom stereocenters. The van der Waals surface area contributed by atoms with Crippen LogP contribution in [0.1, 0.15) is 31.2 Å². The minimum atomic E-state index is -1.04. The highest BCUT2D eigenvalue weighted by molar-refractivity contribution is 5.88. The van der Waals surface area contributed by atoms with Crippen LogP contribution < -0.4 is 21.7 Å². The molecule has 1 aromatic rings. The Labute approximate surface area is 165 Å². The number of hydrogen-bond donors (Lipinski definition) is 6. The van der Waals surface area contributed by atoms with E-state index in [1.165, 1.54) is 0 Å². The van der Waals surface area contributed by atoms with E-state index in [-0.39, 0.29) is 18.7 Å². The number of hydrogen-bond acceptors (Lipinski definition) is 5. The number of nitrogens with one attached hydrogen (secondary N) is 4. The molecule has 7 N–H and O–H groups in total. The lowest BCUT2D eigenvalue weighted by molar-refractivity contribution is -0.139. The summed E-state index contributed by atoms with van der Waals surface area (Å²) in [6.07, 6.45) is 2.51. The molecular weight excluding hydrogens is 362 g/mol. The van der Waals surface area contributed by atoms with Gasteiger partial charge in [0.2, 0.25) is 11.8 Å². The van der Waals surface area contributed by atoms with Crippen LogP contribution in [0.25, 0.3) is 0 Å². The summed E-state index contributed by atoms with van der Waals surface area (Å²) in [4.78, 5) is 34.9. The maximum atomic E-state index is 12.4. The Balaban J connectivity index is 0.00000227. The number of rotatable bonds is 12. The van der Waals surface area contributed by atoms with Crippen LogP contribution in [0.2, 0.25) is 0 Å². The van der Waals surface area contributed by atoms with Crippen molar-refractivity contribution in [2.24, 2.45) is 5.73 Å². The summed E-state index contributed by atoms with van der Waals surface area (Å²) >= 11 is 0. The molecule has 9 heteroatoms. The van der Waals surface area contributed by atoms with E-state index < -0.39 is 17.9 Å². The first-order chi connectivity index (χ1) is 13.4. The summed E-state index contributed by atoms with van der Waals surface area (Å²) in [6.45, 7) is 1.42. The van der Waals surface area contributed by atoms with Crippen LogP contribution in [0.4, 0.5) is 0 Å². The molecule has 9 nitrogen and oxygen atoms in total. The Bertz CT molecular complexity index is 595. The Hall–Kier alpha value is -2.94. The third kappa shape index (κ3) is 13.3. The third-order valence-electron chi connectivity index (χ3n) is 3.65. The van der Waals surface area contributed by atoms with Crippen molar-refractivity contribution >= 4 is 24.1 Å². The minimum Gasteiger partial charge on any atom is -0.481 e. The maximum absolute atomic E-state index is 12.4. The molecule has 0 aliphatic carbocycles. The zero-order chi connectivity index (χ0) is 21.2. The molecule has 2 amide bonds. The smallest absolute Gasteiger partial charge is 0.303 e. The number of carboxylic acid groups (broad SMARTS) is 1. The number of amides is 2. The molecule has 0 bridgehead atoms. The van der Waals surface area contributed by atoms with Gasteiger partial charge in [-0.05, 0) is 32.0 Å². The normalized spacial score (nSPS) is 10.8. The third-order valence-corrected chi connectivity index (χ3v) is 3.65. The molecule has 0 spiro atoms. The molecule has 0 fully saturated rings. The van der Waals surface area contributed by atoms with Crippen molar-refractivity contribution in [1.82, 2.24) is 16.0 Å². The fourth-order valence-corrected chi connectivity index (χ4v) is 2.31. The largest absolute Gasteiger partial charge is 0.481 e. The number of benzene rings is 1. The van der Waals surface area contributed by atoms with Crippen LogP contribution in [0.3, 0.4) is 0 Å². The second-order valence-corrected chi connectivity index (χ2v) is 5.97. The quantitative estimate of drug-likeness (QED) is 0.170. The van der Waals surface area contributed by atoms with E-state index in [0.29, 0.717) is 13.0 Å². The maximum Gasteiger partial charge on any atom is 0.303 e. The second-order valence-electron chi connectivity index (χ2n) is 5.97. The zero-order valence-corrected chi connectivity index (χ0v) is 16.2. The van der Waals surface area contributed by atoms with Crippen LogP contribution in [0.15, 0.2) is 30.3 Å². The van der Waals surface area contributed by atoms with Gasteiger partial charge in [-0.2, -0.15) is 0 Å². The highest BCUT2D eigenvalue weighted by Crippen LogP contribution is 2.04. The van der Waals surface area contributed by atoms with Gasteiger partial charge in [0.05, 0.1) is 12.8 Å². The van der Waals surface area contributed by atoms with Gasteiger partial charge in [0.1, 0.15) is 6.04 Å². The van der Waals surface area contributed by atoms with Crippen LogP contribution >= 0.6 is 0 Å². The minimum absolute atomic E-state index is 0.143. The van der Waals surface area contributed by atoms with Crippen molar-refractivity contribution in [2.75, 3.05) is 20.1 Å². The van der Waals surface area contributed by atoms with Gasteiger partial charge in [0.15, 0.2) is 0 Å². The van der Waals surface area contributed by atoms with Crippen LogP contribution in [0.5, 0.6) is 0 Å². The predicted molar refractivity (Wildman–Crippen MR) is 108 cm³/mol. The van der Waals surface area contributed by atoms with E-state index in [1.54, 1.807) is 0 Å². The summed E-state index contributed by atoms with van der Waals surface area (Å²) in [6, 6.07) is 8.68. The van der Waals surface area contributed by atoms with Crippen molar-refractivity contribution < 1.29 is 19.5 Å². The molecular formula is C19H31N5O4. The SMILES string of the molecule is CNCCCCNC(=O)C(Cc1ccccc1)NC(=O)CCC(=O)O.N=CN. The number of carbonyl (C=O) groups excluding carboxylic acids is 2. The van der Waals surface area contributed by atoms with E-state index in [0.717, 1.165) is 31.3 Å². The Morgan fingerprint density at radius 3 is 2.32 bits per heavy atom. The van der Waals surface area contributed by atoms with E-state index >= 15 is 0 Å². The highest BCUT2D eigenvalue weighted by Gasteiger charge is 2.21. The molecule has 0 saturated carbocycles. The fraction of sp³-hybridized carbons (Fsp3) is 0.474. The second kappa shape index (κ2) is 16.2. The van der Waals surface area contributed by atoms with E-state index in [1.807, 2.05) is 37.4 Å². The number of unbranched alkanes of at least 4 members (excludes halogenated alkanes) is 1. The molecule has 0 radical (unpaired) electrons. The predicted octanol–water partition coefficient (Wildman–Crippen LogP) is 0.247. The number of aliphatic carboxylic acids is 1.